The van der Waals surface area contributed by atoms with Crippen LogP contribution in [0.15, 0.2) is 27.9 Å². The van der Waals surface area contributed by atoms with E-state index >= 15 is 0 Å². The van der Waals surface area contributed by atoms with Crippen molar-refractivity contribution in [2.24, 2.45) is 10.9 Å². The van der Waals surface area contributed by atoms with Gasteiger partial charge in [-0.05, 0) is 19.1 Å². The van der Waals surface area contributed by atoms with Crippen LogP contribution in [0.1, 0.15) is 21.9 Å². The molecule has 0 spiro atoms. The van der Waals surface area contributed by atoms with Gasteiger partial charge in [-0.1, -0.05) is 5.16 Å². The number of nitrogens with one attached hydrogen (secondary N) is 2. The van der Waals surface area contributed by atoms with Gasteiger partial charge < -0.3 is 20.7 Å². The minimum absolute atomic E-state index is 0.158. The summed E-state index contributed by atoms with van der Waals surface area (Å²) in [5.74, 6) is 0.396. The maximum absolute atomic E-state index is 11.8. The van der Waals surface area contributed by atoms with Crippen molar-refractivity contribution in [2.45, 2.75) is 6.92 Å². The fraction of sp³-hybridized carbons (Fsp3) is 0.100. The van der Waals surface area contributed by atoms with Crippen molar-refractivity contribution in [3.63, 3.8) is 0 Å². The maximum atomic E-state index is 11.8. The molecule has 0 aliphatic rings. The molecule has 8 nitrogen and oxygen atoms in total. The molecule has 0 atom stereocenters. The largest absolute Gasteiger partial charge is 0.456 e. The molecular weight excluding hydrogens is 238 g/mol. The summed E-state index contributed by atoms with van der Waals surface area (Å²) < 4.78 is 5.16. The molecule has 2 aromatic heterocycles. The number of anilines is 1. The van der Waals surface area contributed by atoms with Crippen LogP contribution in [-0.2, 0) is 0 Å². The third-order valence-electron chi connectivity index (χ3n) is 2.23. The minimum Gasteiger partial charge on any atom is -0.456 e. The summed E-state index contributed by atoms with van der Waals surface area (Å²) in [6, 6.07) is 3.22. The van der Waals surface area contributed by atoms with Crippen molar-refractivity contribution < 1.29 is 14.4 Å². The number of rotatable bonds is 3. The van der Waals surface area contributed by atoms with Crippen molar-refractivity contribution >= 4 is 17.6 Å². The Labute approximate surface area is 101 Å². The summed E-state index contributed by atoms with van der Waals surface area (Å²) in [6.07, 6.45) is 1.33. The molecular formula is C10H11N5O3. The van der Waals surface area contributed by atoms with Crippen LogP contribution in [0, 0.1) is 6.92 Å². The first-order valence-electron chi connectivity index (χ1n) is 5.01. The Morgan fingerprint density at radius 3 is 3.00 bits per heavy atom. The lowest BCUT2D eigenvalue weighted by molar-refractivity contribution is 0.0995. The monoisotopic (exact) mass is 249 g/mol. The molecule has 0 fully saturated rings. The third kappa shape index (κ3) is 2.17. The van der Waals surface area contributed by atoms with Gasteiger partial charge in [0.1, 0.15) is 11.6 Å². The Morgan fingerprint density at radius 1 is 1.61 bits per heavy atom. The fourth-order valence-electron chi connectivity index (χ4n) is 1.36. The lowest BCUT2D eigenvalue weighted by atomic mass is 10.3. The first-order valence-corrected chi connectivity index (χ1v) is 5.01. The number of carbonyl (C=O) groups excluding carboxylic acids is 1. The molecule has 0 aromatic carbocycles. The van der Waals surface area contributed by atoms with Gasteiger partial charge in [-0.2, -0.15) is 5.10 Å². The van der Waals surface area contributed by atoms with Gasteiger partial charge in [0.25, 0.3) is 5.91 Å². The molecule has 8 heteroatoms. The van der Waals surface area contributed by atoms with Crippen LogP contribution >= 0.6 is 0 Å². The second-order valence-corrected chi connectivity index (χ2v) is 3.51. The average Bonchev–Trinajstić information content (AvgIpc) is 2.97. The normalized spacial score (nSPS) is 11.5. The van der Waals surface area contributed by atoms with Crippen LogP contribution in [0.4, 0.5) is 5.82 Å². The van der Waals surface area contributed by atoms with Gasteiger partial charge in [-0.3, -0.25) is 9.89 Å². The minimum atomic E-state index is -0.459. The molecule has 5 N–H and O–H groups in total. The second-order valence-electron chi connectivity index (χ2n) is 3.51. The van der Waals surface area contributed by atoms with Gasteiger partial charge in [-0.25, -0.2) is 0 Å². The standard InChI is InChI=1S/C10H11N5O3/c1-5-2-3-7(18-5)10(16)13-9-6(4-12-14-9)8(11)15-17/h2-4,17H,1H3,(H2,11,15)(H2,12,13,14,16). The highest BCUT2D eigenvalue weighted by Crippen LogP contribution is 2.13. The van der Waals surface area contributed by atoms with E-state index in [1.54, 1.807) is 19.1 Å². The van der Waals surface area contributed by atoms with E-state index in [1.165, 1.54) is 6.20 Å². The number of furan rings is 1. The summed E-state index contributed by atoms with van der Waals surface area (Å²) in [5, 5.41) is 20.2. The lowest BCUT2D eigenvalue weighted by Crippen LogP contribution is -2.18. The average molecular weight is 249 g/mol. The summed E-state index contributed by atoms with van der Waals surface area (Å²) in [6.45, 7) is 1.73. The number of aromatic nitrogens is 2. The number of nitrogens with two attached hydrogens (primary N) is 1. The zero-order valence-electron chi connectivity index (χ0n) is 9.47. The van der Waals surface area contributed by atoms with Gasteiger partial charge in [0.15, 0.2) is 11.6 Å². The Bertz CT molecular complexity index is 598. The summed E-state index contributed by atoms with van der Waals surface area (Å²) in [7, 11) is 0. The lowest BCUT2D eigenvalue weighted by Gasteiger charge is -2.02. The number of nitrogens with zero attached hydrogens (tertiary/aromatic N) is 2. The number of aryl methyl sites for hydroxylation is 1. The first-order chi connectivity index (χ1) is 8.61. The van der Waals surface area contributed by atoms with Crippen LogP contribution < -0.4 is 11.1 Å². The third-order valence-corrected chi connectivity index (χ3v) is 2.23. The second kappa shape index (κ2) is 4.62. The number of aromatic amines is 1. The topological polar surface area (TPSA) is 130 Å². The smallest absolute Gasteiger partial charge is 0.292 e. The summed E-state index contributed by atoms with van der Waals surface area (Å²) >= 11 is 0. The molecule has 0 aliphatic carbocycles. The molecule has 2 rings (SSSR count). The quantitative estimate of drug-likeness (QED) is 0.275. The number of carbonyl (C=O) groups is 1. The molecule has 94 valence electrons. The SMILES string of the molecule is Cc1ccc(C(=O)Nc2[nH]ncc2C(N)=NO)o1. The van der Waals surface area contributed by atoms with Gasteiger partial charge in [0, 0.05) is 0 Å². The van der Waals surface area contributed by atoms with Crippen molar-refractivity contribution in [3.8, 4) is 0 Å². The van der Waals surface area contributed by atoms with E-state index in [9.17, 15) is 4.79 Å². The first kappa shape index (κ1) is 11.7. The molecule has 0 unspecified atom stereocenters. The van der Waals surface area contributed by atoms with Crippen LogP contribution in [0.25, 0.3) is 0 Å². The number of H-pyrrole nitrogens is 1. The van der Waals surface area contributed by atoms with E-state index in [0.29, 0.717) is 5.76 Å². The Hall–Kier alpha value is -2.77. The van der Waals surface area contributed by atoms with E-state index in [2.05, 4.69) is 20.7 Å². The highest BCUT2D eigenvalue weighted by molar-refractivity contribution is 6.07. The molecule has 2 heterocycles. The van der Waals surface area contributed by atoms with Gasteiger partial charge in [-0.15, -0.1) is 0 Å². The Balaban J connectivity index is 2.20. The summed E-state index contributed by atoms with van der Waals surface area (Å²) in [4.78, 5) is 11.8. The molecule has 2 aromatic rings. The van der Waals surface area contributed by atoms with Crippen molar-refractivity contribution in [3.05, 3.63) is 35.4 Å². The highest BCUT2D eigenvalue weighted by atomic mass is 16.4. The Morgan fingerprint density at radius 2 is 2.39 bits per heavy atom. The van der Waals surface area contributed by atoms with E-state index in [1.807, 2.05) is 0 Å². The van der Waals surface area contributed by atoms with Crippen LogP contribution in [0.3, 0.4) is 0 Å². The predicted molar refractivity (Wildman–Crippen MR) is 62.5 cm³/mol. The van der Waals surface area contributed by atoms with Crippen molar-refractivity contribution in [1.82, 2.24) is 10.2 Å². The maximum Gasteiger partial charge on any atom is 0.292 e. The van der Waals surface area contributed by atoms with Crippen LogP contribution in [0.2, 0.25) is 0 Å². The number of hydrogen-bond acceptors (Lipinski definition) is 5. The van der Waals surface area contributed by atoms with Crippen LogP contribution in [0.5, 0.6) is 0 Å². The van der Waals surface area contributed by atoms with Crippen LogP contribution in [-0.4, -0.2) is 27.1 Å². The molecule has 0 saturated heterocycles. The highest BCUT2D eigenvalue weighted by Gasteiger charge is 2.15. The molecule has 1 amide bonds. The van der Waals surface area contributed by atoms with E-state index in [-0.39, 0.29) is 23.0 Å². The van der Waals surface area contributed by atoms with Gasteiger partial charge in [0.2, 0.25) is 0 Å². The number of oxime groups is 1. The molecule has 0 radical (unpaired) electrons. The zero-order valence-corrected chi connectivity index (χ0v) is 9.47. The van der Waals surface area contributed by atoms with Gasteiger partial charge in [0.05, 0.1) is 11.8 Å². The number of hydrogen-bond donors (Lipinski definition) is 4. The predicted octanol–water partition coefficient (Wildman–Crippen LogP) is 0.658. The number of amidine groups is 1. The van der Waals surface area contributed by atoms with E-state index in [0.717, 1.165) is 0 Å². The number of amides is 1. The zero-order chi connectivity index (χ0) is 13.1. The van der Waals surface area contributed by atoms with E-state index in [4.69, 9.17) is 15.4 Å². The Kier molecular flexibility index (Phi) is 3.00. The molecule has 0 bridgehead atoms. The summed E-state index contributed by atoms with van der Waals surface area (Å²) in [5.41, 5.74) is 5.71. The molecule has 0 saturated carbocycles. The molecule has 0 aliphatic heterocycles. The fourth-order valence-corrected chi connectivity index (χ4v) is 1.36. The molecule has 18 heavy (non-hydrogen) atoms. The van der Waals surface area contributed by atoms with Crippen molar-refractivity contribution in [1.29, 1.82) is 0 Å². The van der Waals surface area contributed by atoms with E-state index < -0.39 is 5.91 Å². The van der Waals surface area contributed by atoms with Gasteiger partial charge >= 0.3 is 0 Å². The van der Waals surface area contributed by atoms with Crippen molar-refractivity contribution in [2.75, 3.05) is 5.32 Å².